The largest absolute Gasteiger partial charge is 0.380 e. The molecule has 0 radical (unpaired) electrons. The smallest absolute Gasteiger partial charge is 0.252 e. The van der Waals surface area contributed by atoms with E-state index in [1.165, 1.54) is 0 Å². The standard InChI is InChI=1S/C20H28N2O3/c1-2-17(15-7-4-3-5-8-15)18(23)22-13-9-16(10-14-22)21-19(24)20(25)11-6-12-20/h3-5,7-8,16-17,25H,2,6,9-14H2,1H3,(H,21,24)/t17-/m1/s1. The number of likely N-dealkylation sites (tertiary alicyclic amines) is 1. The maximum Gasteiger partial charge on any atom is 0.252 e. The van der Waals surface area contributed by atoms with Gasteiger partial charge in [-0.15, -0.1) is 0 Å². The van der Waals surface area contributed by atoms with Crippen molar-refractivity contribution in [2.75, 3.05) is 13.1 Å². The molecule has 2 fully saturated rings. The summed E-state index contributed by atoms with van der Waals surface area (Å²) in [5.74, 6) is -0.154. The van der Waals surface area contributed by atoms with Crippen LogP contribution in [0.4, 0.5) is 0 Å². The Morgan fingerprint density at radius 1 is 1.24 bits per heavy atom. The van der Waals surface area contributed by atoms with Crippen molar-refractivity contribution in [3.63, 3.8) is 0 Å². The van der Waals surface area contributed by atoms with E-state index in [0.29, 0.717) is 25.9 Å². The van der Waals surface area contributed by atoms with Crippen LogP contribution in [0.15, 0.2) is 30.3 Å². The van der Waals surface area contributed by atoms with Crippen LogP contribution >= 0.6 is 0 Å². The monoisotopic (exact) mass is 344 g/mol. The Balaban J connectivity index is 1.53. The van der Waals surface area contributed by atoms with Gasteiger partial charge in [0.05, 0.1) is 5.92 Å². The number of carbonyl (C=O) groups is 2. The average Bonchev–Trinajstić information content (AvgIpc) is 2.61. The molecular weight excluding hydrogens is 316 g/mol. The fourth-order valence-corrected chi connectivity index (χ4v) is 3.76. The fourth-order valence-electron chi connectivity index (χ4n) is 3.76. The van der Waals surface area contributed by atoms with Gasteiger partial charge in [-0.25, -0.2) is 0 Å². The van der Waals surface area contributed by atoms with Crippen molar-refractivity contribution in [3.8, 4) is 0 Å². The first-order valence-corrected chi connectivity index (χ1v) is 9.40. The highest BCUT2D eigenvalue weighted by molar-refractivity contribution is 5.86. The Hall–Kier alpha value is -1.88. The van der Waals surface area contributed by atoms with E-state index in [4.69, 9.17) is 0 Å². The first-order chi connectivity index (χ1) is 12.0. The molecule has 0 aromatic heterocycles. The Bertz CT molecular complexity index is 605. The Morgan fingerprint density at radius 2 is 1.88 bits per heavy atom. The second-order valence-electron chi connectivity index (χ2n) is 7.33. The second kappa shape index (κ2) is 7.56. The van der Waals surface area contributed by atoms with Gasteiger partial charge in [0.15, 0.2) is 0 Å². The van der Waals surface area contributed by atoms with Gasteiger partial charge in [0.1, 0.15) is 5.60 Å². The van der Waals surface area contributed by atoms with E-state index >= 15 is 0 Å². The number of piperidine rings is 1. The summed E-state index contributed by atoms with van der Waals surface area (Å²) in [5.41, 5.74) is -0.0780. The summed E-state index contributed by atoms with van der Waals surface area (Å²) in [6, 6.07) is 9.98. The molecule has 0 unspecified atom stereocenters. The van der Waals surface area contributed by atoms with Crippen LogP contribution in [0.1, 0.15) is 56.9 Å². The molecule has 1 saturated carbocycles. The van der Waals surface area contributed by atoms with Gasteiger partial charge in [0.25, 0.3) is 5.91 Å². The number of hydrogen-bond acceptors (Lipinski definition) is 3. The molecule has 5 heteroatoms. The minimum absolute atomic E-state index is 0.0537. The van der Waals surface area contributed by atoms with Gasteiger partial charge in [-0.1, -0.05) is 37.3 Å². The summed E-state index contributed by atoms with van der Waals surface area (Å²) in [4.78, 5) is 26.9. The molecule has 1 aliphatic carbocycles. The summed E-state index contributed by atoms with van der Waals surface area (Å²) in [5, 5.41) is 13.1. The van der Waals surface area contributed by atoms with Crippen LogP contribution in [0.2, 0.25) is 0 Å². The molecular formula is C20H28N2O3. The lowest BCUT2D eigenvalue weighted by atomic mass is 9.79. The van der Waals surface area contributed by atoms with E-state index in [1.807, 2.05) is 42.2 Å². The second-order valence-corrected chi connectivity index (χ2v) is 7.33. The van der Waals surface area contributed by atoms with Gasteiger partial charge in [-0.05, 0) is 44.1 Å². The van der Waals surface area contributed by atoms with Gasteiger partial charge in [-0.2, -0.15) is 0 Å². The van der Waals surface area contributed by atoms with Crippen molar-refractivity contribution in [1.29, 1.82) is 0 Å². The van der Waals surface area contributed by atoms with Crippen molar-refractivity contribution in [2.45, 2.75) is 63.0 Å². The van der Waals surface area contributed by atoms with Crippen molar-refractivity contribution in [2.24, 2.45) is 0 Å². The molecule has 0 spiro atoms. The van der Waals surface area contributed by atoms with Gasteiger partial charge in [0.2, 0.25) is 5.91 Å². The number of nitrogens with one attached hydrogen (secondary N) is 1. The molecule has 1 saturated heterocycles. The highest BCUT2D eigenvalue weighted by atomic mass is 16.3. The Kier molecular flexibility index (Phi) is 5.42. The normalized spacial score (nSPS) is 21.3. The molecule has 5 nitrogen and oxygen atoms in total. The first kappa shape index (κ1) is 17.9. The summed E-state index contributed by atoms with van der Waals surface area (Å²) in [6.45, 7) is 3.36. The van der Waals surface area contributed by atoms with Gasteiger partial charge in [-0.3, -0.25) is 9.59 Å². The Labute approximate surface area is 149 Å². The molecule has 1 aromatic rings. The van der Waals surface area contributed by atoms with E-state index < -0.39 is 5.60 Å². The molecule has 2 aliphatic rings. The maximum absolute atomic E-state index is 12.9. The number of hydrogen-bond donors (Lipinski definition) is 2. The molecule has 3 rings (SSSR count). The van der Waals surface area contributed by atoms with E-state index in [1.54, 1.807) is 0 Å². The van der Waals surface area contributed by atoms with Gasteiger partial charge in [0, 0.05) is 19.1 Å². The lowest BCUT2D eigenvalue weighted by Gasteiger charge is -2.38. The zero-order chi connectivity index (χ0) is 17.9. The van der Waals surface area contributed by atoms with Crippen LogP contribution in [0, 0.1) is 0 Å². The minimum atomic E-state index is -1.15. The number of amides is 2. The highest BCUT2D eigenvalue weighted by Gasteiger charge is 2.43. The predicted molar refractivity (Wildman–Crippen MR) is 96.0 cm³/mol. The third-order valence-corrected chi connectivity index (χ3v) is 5.65. The van der Waals surface area contributed by atoms with Gasteiger partial charge < -0.3 is 15.3 Å². The third kappa shape index (κ3) is 3.87. The summed E-state index contributed by atoms with van der Waals surface area (Å²) in [6.07, 6.45) is 4.32. The number of aliphatic hydroxyl groups is 1. The van der Waals surface area contributed by atoms with Crippen LogP contribution in [-0.2, 0) is 9.59 Å². The molecule has 2 N–H and O–H groups in total. The van der Waals surface area contributed by atoms with Crippen molar-refractivity contribution < 1.29 is 14.7 Å². The molecule has 1 aromatic carbocycles. The SMILES string of the molecule is CC[C@@H](C(=O)N1CCC(NC(=O)C2(O)CCC2)CC1)c1ccccc1. The number of rotatable bonds is 5. The molecule has 1 heterocycles. The molecule has 25 heavy (non-hydrogen) atoms. The summed E-state index contributed by atoms with van der Waals surface area (Å²) < 4.78 is 0. The van der Waals surface area contributed by atoms with Gasteiger partial charge >= 0.3 is 0 Å². The molecule has 1 aliphatic heterocycles. The van der Waals surface area contributed by atoms with Crippen LogP contribution in [0.5, 0.6) is 0 Å². The van der Waals surface area contributed by atoms with E-state index in [0.717, 1.165) is 31.2 Å². The fraction of sp³-hybridized carbons (Fsp3) is 0.600. The zero-order valence-electron chi connectivity index (χ0n) is 14.9. The van der Waals surface area contributed by atoms with Crippen molar-refractivity contribution >= 4 is 11.8 Å². The van der Waals surface area contributed by atoms with E-state index in [9.17, 15) is 14.7 Å². The molecule has 0 bridgehead atoms. The maximum atomic E-state index is 12.9. The summed E-state index contributed by atoms with van der Waals surface area (Å²) in [7, 11) is 0. The average molecular weight is 344 g/mol. The topological polar surface area (TPSA) is 69.6 Å². The third-order valence-electron chi connectivity index (χ3n) is 5.65. The number of benzene rings is 1. The van der Waals surface area contributed by atoms with Crippen molar-refractivity contribution in [3.05, 3.63) is 35.9 Å². The summed E-state index contributed by atoms with van der Waals surface area (Å²) >= 11 is 0. The number of nitrogens with zero attached hydrogens (tertiary/aromatic N) is 1. The van der Waals surface area contributed by atoms with Crippen LogP contribution < -0.4 is 5.32 Å². The lowest BCUT2D eigenvalue weighted by Crippen LogP contribution is -2.56. The van der Waals surface area contributed by atoms with Crippen LogP contribution in [-0.4, -0.2) is 46.6 Å². The van der Waals surface area contributed by atoms with Crippen molar-refractivity contribution in [1.82, 2.24) is 10.2 Å². The lowest BCUT2D eigenvalue weighted by molar-refractivity contribution is -0.149. The quantitative estimate of drug-likeness (QED) is 0.860. The zero-order valence-corrected chi connectivity index (χ0v) is 14.9. The van der Waals surface area contributed by atoms with Crippen LogP contribution in [0.25, 0.3) is 0 Å². The predicted octanol–water partition coefficient (Wildman–Crippen LogP) is 2.20. The number of carbonyl (C=O) groups excluding carboxylic acids is 2. The van der Waals surface area contributed by atoms with E-state index in [2.05, 4.69) is 5.32 Å². The minimum Gasteiger partial charge on any atom is -0.380 e. The first-order valence-electron chi connectivity index (χ1n) is 9.40. The molecule has 1 atom stereocenters. The van der Waals surface area contributed by atoms with E-state index in [-0.39, 0.29) is 23.8 Å². The molecule has 2 amide bonds. The molecule has 136 valence electrons. The highest BCUT2D eigenvalue weighted by Crippen LogP contribution is 2.32. The van der Waals surface area contributed by atoms with Crippen LogP contribution in [0.3, 0.4) is 0 Å². The Morgan fingerprint density at radius 3 is 2.40 bits per heavy atom.